The van der Waals surface area contributed by atoms with E-state index in [0.29, 0.717) is 0 Å². The Labute approximate surface area is 93.8 Å². The maximum Gasteiger partial charge on any atom is 0.0665 e. The molecular weight excluding hydrogens is 186 g/mol. The van der Waals surface area contributed by atoms with Crippen LogP contribution in [0.2, 0.25) is 0 Å². The van der Waals surface area contributed by atoms with Crippen molar-refractivity contribution in [2.45, 2.75) is 58.2 Å². The first-order valence-corrected chi connectivity index (χ1v) is 6.32. The van der Waals surface area contributed by atoms with Crippen molar-refractivity contribution in [3.05, 3.63) is 0 Å². The van der Waals surface area contributed by atoms with Crippen LogP contribution in [-0.4, -0.2) is 24.3 Å². The molecule has 0 aromatic heterocycles. The Balaban J connectivity index is 2.07. The molecule has 0 amide bonds. The highest BCUT2D eigenvalue weighted by molar-refractivity contribution is 4.97. The Morgan fingerprint density at radius 1 is 1.07 bits per heavy atom. The normalized spacial score (nSPS) is 35.6. The van der Waals surface area contributed by atoms with Gasteiger partial charge in [0.05, 0.1) is 11.2 Å². The second-order valence-electron chi connectivity index (χ2n) is 6.36. The molecule has 2 nitrogen and oxygen atoms in total. The van der Waals surface area contributed by atoms with Gasteiger partial charge < -0.3 is 10.1 Å². The van der Waals surface area contributed by atoms with Gasteiger partial charge in [-0.2, -0.15) is 0 Å². The molecule has 2 saturated heterocycles. The summed E-state index contributed by atoms with van der Waals surface area (Å²) >= 11 is 0. The van der Waals surface area contributed by atoms with Crippen molar-refractivity contribution >= 4 is 0 Å². The topological polar surface area (TPSA) is 21.3 Å². The van der Waals surface area contributed by atoms with Crippen molar-refractivity contribution in [3.63, 3.8) is 0 Å². The molecule has 88 valence electrons. The smallest absolute Gasteiger partial charge is 0.0665 e. The lowest BCUT2D eigenvalue weighted by Gasteiger charge is -2.35. The first-order valence-electron chi connectivity index (χ1n) is 6.32. The largest absolute Gasteiger partial charge is 0.369 e. The monoisotopic (exact) mass is 211 g/mol. The molecule has 2 aliphatic rings. The zero-order valence-electron chi connectivity index (χ0n) is 10.6. The molecule has 0 aromatic rings. The van der Waals surface area contributed by atoms with E-state index < -0.39 is 0 Å². The van der Waals surface area contributed by atoms with Gasteiger partial charge in [-0.3, -0.25) is 0 Å². The van der Waals surface area contributed by atoms with E-state index in [-0.39, 0.29) is 11.2 Å². The summed E-state index contributed by atoms with van der Waals surface area (Å²) in [5.41, 5.74) is 0.157. The van der Waals surface area contributed by atoms with Gasteiger partial charge in [0.1, 0.15) is 0 Å². The van der Waals surface area contributed by atoms with Gasteiger partial charge in [-0.15, -0.1) is 0 Å². The zero-order chi connectivity index (χ0) is 11.1. The average molecular weight is 211 g/mol. The van der Waals surface area contributed by atoms with Crippen molar-refractivity contribution < 1.29 is 4.74 Å². The summed E-state index contributed by atoms with van der Waals surface area (Å²) < 4.78 is 6.18. The van der Waals surface area contributed by atoms with Gasteiger partial charge >= 0.3 is 0 Å². The quantitative estimate of drug-likeness (QED) is 0.720. The van der Waals surface area contributed by atoms with E-state index in [1.807, 2.05) is 0 Å². The number of ether oxygens (including phenoxy) is 1. The van der Waals surface area contributed by atoms with Gasteiger partial charge in [-0.05, 0) is 71.9 Å². The summed E-state index contributed by atoms with van der Waals surface area (Å²) in [6, 6.07) is 0. The summed E-state index contributed by atoms with van der Waals surface area (Å²) in [4.78, 5) is 0. The van der Waals surface area contributed by atoms with Crippen LogP contribution in [0.15, 0.2) is 0 Å². The van der Waals surface area contributed by atoms with Crippen molar-refractivity contribution in [3.8, 4) is 0 Å². The molecule has 15 heavy (non-hydrogen) atoms. The van der Waals surface area contributed by atoms with Crippen LogP contribution < -0.4 is 5.32 Å². The number of hydrogen-bond acceptors (Lipinski definition) is 2. The second kappa shape index (κ2) is 3.74. The standard InChI is InChI=1S/C13H25NO/c1-12(2)9-11(13(3,4)15-12)10-5-7-14-8-6-10/h10-11,14H,5-9H2,1-4H3. The van der Waals surface area contributed by atoms with E-state index in [4.69, 9.17) is 4.74 Å². The molecule has 2 heteroatoms. The summed E-state index contributed by atoms with van der Waals surface area (Å²) in [6.07, 6.45) is 3.88. The fourth-order valence-corrected chi connectivity index (χ4v) is 3.59. The van der Waals surface area contributed by atoms with Crippen LogP contribution in [0.4, 0.5) is 0 Å². The lowest BCUT2D eigenvalue weighted by molar-refractivity contribution is -0.0811. The van der Waals surface area contributed by atoms with Crippen LogP contribution in [-0.2, 0) is 4.74 Å². The Morgan fingerprint density at radius 2 is 1.67 bits per heavy atom. The third kappa shape index (κ3) is 2.36. The lowest BCUT2D eigenvalue weighted by Crippen LogP contribution is -2.38. The number of piperidine rings is 1. The van der Waals surface area contributed by atoms with E-state index in [1.54, 1.807) is 0 Å². The molecule has 0 saturated carbocycles. The van der Waals surface area contributed by atoms with Gasteiger partial charge in [-0.1, -0.05) is 0 Å². The molecule has 1 unspecified atom stereocenters. The van der Waals surface area contributed by atoms with Crippen LogP contribution in [0.5, 0.6) is 0 Å². The van der Waals surface area contributed by atoms with Gasteiger partial charge in [0, 0.05) is 0 Å². The first-order chi connectivity index (χ1) is 6.91. The van der Waals surface area contributed by atoms with Crippen LogP contribution in [0.1, 0.15) is 47.0 Å². The SMILES string of the molecule is CC1(C)CC(C2CCNCC2)C(C)(C)O1. The maximum absolute atomic E-state index is 6.18. The maximum atomic E-state index is 6.18. The third-order valence-electron chi connectivity index (χ3n) is 4.10. The number of hydrogen-bond donors (Lipinski definition) is 1. The Morgan fingerprint density at radius 3 is 2.13 bits per heavy atom. The Hall–Kier alpha value is -0.0800. The lowest BCUT2D eigenvalue weighted by atomic mass is 9.74. The van der Waals surface area contributed by atoms with Crippen LogP contribution in [0.3, 0.4) is 0 Å². The fraction of sp³-hybridized carbons (Fsp3) is 1.00. The van der Waals surface area contributed by atoms with E-state index in [0.717, 1.165) is 11.8 Å². The van der Waals surface area contributed by atoms with Gasteiger partial charge in [0.25, 0.3) is 0 Å². The molecule has 0 radical (unpaired) electrons. The second-order valence-corrected chi connectivity index (χ2v) is 6.36. The molecule has 2 aliphatic heterocycles. The van der Waals surface area contributed by atoms with E-state index in [9.17, 15) is 0 Å². The van der Waals surface area contributed by atoms with Crippen molar-refractivity contribution in [1.29, 1.82) is 0 Å². The minimum atomic E-state index is 0.0749. The van der Waals surface area contributed by atoms with Crippen LogP contribution in [0.25, 0.3) is 0 Å². The fourth-order valence-electron chi connectivity index (χ4n) is 3.59. The molecule has 2 heterocycles. The molecule has 0 spiro atoms. The molecule has 0 bridgehead atoms. The van der Waals surface area contributed by atoms with Crippen molar-refractivity contribution in [2.24, 2.45) is 11.8 Å². The summed E-state index contributed by atoms with van der Waals surface area (Å²) in [6.45, 7) is 11.4. The number of nitrogens with one attached hydrogen (secondary N) is 1. The Kier molecular flexibility index (Phi) is 2.85. The van der Waals surface area contributed by atoms with Crippen LogP contribution >= 0.6 is 0 Å². The zero-order valence-corrected chi connectivity index (χ0v) is 10.6. The van der Waals surface area contributed by atoms with Crippen molar-refractivity contribution in [1.82, 2.24) is 5.32 Å². The van der Waals surface area contributed by atoms with E-state index in [1.165, 1.54) is 32.4 Å². The van der Waals surface area contributed by atoms with Gasteiger partial charge in [0.2, 0.25) is 0 Å². The summed E-state index contributed by atoms with van der Waals surface area (Å²) in [7, 11) is 0. The average Bonchev–Trinajstić information content (AvgIpc) is 2.36. The molecule has 1 N–H and O–H groups in total. The highest BCUT2D eigenvalue weighted by Gasteiger charge is 2.48. The van der Waals surface area contributed by atoms with Crippen molar-refractivity contribution in [2.75, 3.05) is 13.1 Å². The molecule has 2 fully saturated rings. The van der Waals surface area contributed by atoms with E-state index in [2.05, 4.69) is 33.0 Å². The van der Waals surface area contributed by atoms with Gasteiger partial charge in [-0.25, -0.2) is 0 Å². The molecule has 0 aromatic carbocycles. The minimum Gasteiger partial charge on any atom is -0.369 e. The third-order valence-corrected chi connectivity index (χ3v) is 4.10. The predicted octanol–water partition coefficient (Wildman–Crippen LogP) is 2.58. The number of rotatable bonds is 1. The highest BCUT2D eigenvalue weighted by Crippen LogP contribution is 2.47. The molecule has 0 aliphatic carbocycles. The molecular formula is C13H25NO. The van der Waals surface area contributed by atoms with Gasteiger partial charge in [0.15, 0.2) is 0 Å². The first kappa shape index (κ1) is 11.4. The molecule has 2 rings (SSSR count). The minimum absolute atomic E-state index is 0.0749. The summed E-state index contributed by atoms with van der Waals surface area (Å²) in [5, 5.41) is 3.45. The summed E-state index contributed by atoms with van der Waals surface area (Å²) in [5.74, 6) is 1.61. The van der Waals surface area contributed by atoms with Crippen LogP contribution in [0, 0.1) is 11.8 Å². The highest BCUT2D eigenvalue weighted by atomic mass is 16.5. The Bertz CT molecular complexity index is 229. The predicted molar refractivity (Wildman–Crippen MR) is 62.9 cm³/mol. The molecule has 1 atom stereocenters. The van der Waals surface area contributed by atoms with E-state index >= 15 is 0 Å².